The molecular formula is C14H15BrClNS. The first-order valence-electron chi connectivity index (χ1n) is 5.90. The molecule has 1 N–H and O–H groups in total. The minimum Gasteiger partial charge on any atom is -0.310 e. The maximum Gasteiger partial charge on any atom is 0.0595 e. The average molecular weight is 345 g/mol. The predicted octanol–water partition coefficient (Wildman–Crippen LogP) is 5.06. The molecule has 0 aliphatic carbocycles. The molecule has 1 heterocycles. The normalized spacial score (nSPS) is 12.6. The molecule has 0 aliphatic heterocycles. The molecule has 0 saturated heterocycles. The number of nitrogens with one attached hydrogen (secondary N) is 1. The van der Waals surface area contributed by atoms with Crippen LogP contribution in [0, 0.1) is 0 Å². The van der Waals surface area contributed by atoms with Gasteiger partial charge in [-0.3, -0.25) is 0 Å². The Kier molecular flexibility index (Phi) is 5.25. The van der Waals surface area contributed by atoms with E-state index in [1.165, 1.54) is 5.56 Å². The molecule has 0 fully saturated rings. The van der Waals surface area contributed by atoms with Crippen LogP contribution in [0.4, 0.5) is 0 Å². The highest BCUT2D eigenvalue weighted by Gasteiger charge is 2.15. The van der Waals surface area contributed by atoms with Crippen molar-refractivity contribution in [1.29, 1.82) is 0 Å². The Balaban J connectivity index is 2.26. The highest BCUT2D eigenvalue weighted by atomic mass is 79.9. The minimum absolute atomic E-state index is 0.259. The summed E-state index contributed by atoms with van der Waals surface area (Å²) in [5.41, 5.74) is 2.50. The number of rotatable bonds is 5. The smallest absolute Gasteiger partial charge is 0.0595 e. The van der Waals surface area contributed by atoms with Gasteiger partial charge in [0.05, 0.1) is 5.02 Å². The van der Waals surface area contributed by atoms with Gasteiger partial charge < -0.3 is 5.32 Å². The molecule has 1 aromatic heterocycles. The zero-order valence-electron chi connectivity index (χ0n) is 10.1. The number of benzene rings is 1. The van der Waals surface area contributed by atoms with Crippen LogP contribution >= 0.6 is 38.9 Å². The van der Waals surface area contributed by atoms with E-state index in [4.69, 9.17) is 11.6 Å². The summed E-state index contributed by atoms with van der Waals surface area (Å²) in [6, 6.07) is 8.52. The lowest BCUT2D eigenvalue weighted by Crippen LogP contribution is -2.23. The van der Waals surface area contributed by atoms with Crippen molar-refractivity contribution in [2.45, 2.75) is 19.4 Å². The summed E-state index contributed by atoms with van der Waals surface area (Å²) in [7, 11) is 0. The summed E-state index contributed by atoms with van der Waals surface area (Å²) in [5.74, 6) is 0. The lowest BCUT2D eigenvalue weighted by molar-refractivity contribution is 0.550. The van der Waals surface area contributed by atoms with Crippen molar-refractivity contribution in [3.63, 3.8) is 0 Å². The molecule has 0 amide bonds. The Morgan fingerprint density at radius 2 is 2.22 bits per heavy atom. The highest BCUT2D eigenvalue weighted by Crippen LogP contribution is 2.32. The van der Waals surface area contributed by atoms with Gasteiger partial charge in [0.15, 0.2) is 0 Å². The van der Waals surface area contributed by atoms with Crippen LogP contribution in [0.2, 0.25) is 5.02 Å². The number of halogens is 2. The van der Waals surface area contributed by atoms with E-state index < -0.39 is 0 Å². The monoisotopic (exact) mass is 343 g/mol. The molecule has 2 aromatic rings. The van der Waals surface area contributed by atoms with Crippen LogP contribution in [0.5, 0.6) is 0 Å². The van der Waals surface area contributed by atoms with Crippen molar-refractivity contribution in [2.24, 2.45) is 0 Å². The maximum atomic E-state index is 6.38. The van der Waals surface area contributed by atoms with Gasteiger partial charge in [0.25, 0.3) is 0 Å². The third-order valence-corrected chi connectivity index (χ3v) is 4.87. The molecule has 96 valence electrons. The molecule has 1 unspecified atom stereocenters. The fourth-order valence-corrected chi connectivity index (χ4v) is 3.29. The fourth-order valence-electron chi connectivity index (χ4n) is 1.97. The van der Waals surface area contributed by atoms with Crippen molar-refractivity contribution in [3.8, 4) is 0 Å². The van der Waals surface area contributed by atoms with Gasteiger partial charge in [0, 0.05) is 10.5 Å². The highest BCUT2D eigenvalue weighted by molar-refractivity contribution is 9.10. The number of hydrogen-bond acceptors (Lipinski definition) is 2. The van der Waals surface area contributed by atoms with Crippen molar-refractivity contribution in [2.75, 3.05) is 6.54 Å². The van der Waals surface area contributed by atoms with Crippen molar-refractivity contribution < 1.29 is 0 Å². The zero-order valence-corrected chi connectivity index (χ0v) is 13.3. The zero-order chi connectivity index (χ0) is 13.0. The Hall–Kier alpha value is -0.350. The van der Waals surface area contributed by atoms with Gasteiger partial charge in [0.2, 0.25) is 0 Å². The van der Waals surface area contributed by atoms with E-state index in [9.17, 15) is 0 Å². The van der Waals surface area contributed by atoms with E-state index in [1.807, 2.05) is 12.1 Å². The van der Waals surface area contributed by atoms with Crippen LogP contribution in [0.1, 0.15) is 24.1 Å². The number of thiophene rings is 1. The second kappa shape index (κ2) is 6.71. The van der Waals surface area contributed by atoms with Crippen molar-refractivity contribution in [3.05, 3.63) is 55.6 Å². The molecule has 0 aliphatic rings. The molecular weight excluding hydrogens is 330 g/mol. The Labute approximate surface area is 125 Å². The van der Waals surface area contributed by atoms with E-state index >= 15 is 0 Å². The quantitative estimate of drug-likeness (QED) is 0.799. The first-order valence-corrected chi connectivity index (χ1v) is 8.02. The Morgan fingerprint density at radius 1 is 1.39 bits per heavy atom. The molecule has 1 nitrogen and oxygen atoms in total. The van der Waals surface area contributed by atoms with Crippen molar-refractivity contribution >= 4 is 38.9 Å². The van der Waals surface area contributed by atoms with E-state index in [2.05, 4.69) is 51.1 Å². The standard InChI is InChI=1S/C14H15BrClNS/c1-2-17-13(8-10-6-7-18-9-10)11-4-3-5-12(15)14(11)16/h3-7,9,13,17H,2,8H2,1H3. The summed E-state index contributed by atoms with van der Waals surface area (Å²) in [6.07, 6.45) is 0.966. The van der Waals surface area contributed by atoms with Gasteiger partial charge >= 0.3 is 0 Å². The van der Waals surface area contributed by atoms with Crippen molar-refractivity contribution in [1.82, 2.24) is 5.32 Å². The summed E-state index contributed by atoms with van der Waals surface area (Å²) in [5, 5.41) is 8.61. The predicted molar refractivity (Wildman–Crippen MR) is 83.6 cm³/mol. The SMILES string of the molecule is CCNC(Cc1ccsc1)c1cccc(Br)c1Cl. The van der Waals surface area contributed by atoms with Gasteiger partial charge in [-0.15, -0.1) is 0 Å². The lowest BCUT2D eigenvalue weighted by atomic mass is 10.0. The van der Waals surface area contributed by atoms with Crippen LogP contribution in [0.3, 0.4) is 0 Å². The molecule has 1 aromatic carbocycles. The minimum atomic E-state index is 0.259. The Morgan fingerprint density at radius 3 is 2.89 bits per heavy atom. The fraction of sp³-hybridized carbons (Fsp3) is 0.286. The second-order valence-corrected chi connectivity index (χ2v) is 6.10. The first kappa shape index (κ1) is 14.1. The Bertz CT molecular complexity index is 499. The number of likely N-dealkylation sites (N-methyl/N-ethyl adjacent to an activating group) is 1. The molecule has 0 spiro atoms. The van der Waals surface area contributed by atoms with Crippen LogP contribution in [0.15, 0.2) is 39.5 Å². The average Bonchev–Trinajstić information content (AvgIpc) is 2.85. The van der Waals surface area contributed by atoms with E-state index in [1.54, 1.807) is 11.3 Å². The van der Waals surface area contributed by atoms with E-state index in [0.717, 1.165) is 28.0 Å². The van der Waals surface area contributed by atoms with Gasteiger partial charge in [-0.25, -0.2) is 0 Å². The first-order chi connectivity index (χ1) is 8.72. The molecule has 2 rings (SSSR count). The molecule has 0 bridgehead atoms. The van der Waals surface area contributed by atoms with Gasteiger partial charge in [0.1, 0.15) is 0 Å². The van der Waals surface area contributed by atoms with E-state index in [0.29, 0.717) is 0 Å². The van der Waals surface area contributed by atoms with Gasteiger partial charge in [-0.1, -0.05) is 30.7 Å². The second-order valence-electron chi connectivity index (χ2n) is 4.09. The molecule has 18 heavy (non-hydrogen) atoms. The molecule has 1 atom stereocenters. The molecule has 4 heteroatoms. The topological polar surface area (TPSA) is 12.0 Å². The van der Waals surface area contributed by atoms with E-state index in [-0.39, 0.29) is 6.04 Å². The third-order valence-electron chi connectivity index (χ3n) is 2.83. The van der Waals surface area contributed by atoms with Gasteiger partial charge in [-0.2, -0.15) is 11.3 Å². The summed E-state index contributed by atoms with van der Waals surface area (Å²) >= 11 is 11.6. The van der Waals surface area contributed by atoms with Crippen LogP contribution in [-0.4, -0.2) is 6.54 Å². The summed E-state index contributed by atoms with van der Waals surface area (Å²) in [6.45, 7) is 3.05. The largest absolute Gasteiger partial charge is 0.310 e. The number of hydrogen-bond donors (Lipinski definition) is 1. The van der Waals surface area contributed by atoms with Gasteiger partial charge in [-0.05, 0) is 62.9 Å². The summed E-state index contributed by atoms with van der Waals surface area (Å²) in [4.78, 5) is 0. The lowest BCUT2D eigenvalue weighted by Gasteiger charge is -2.19. The maximum absolute atomic E-state index is 6.38. The van der Waals surface area contributed by atoms with Crippen LogP contribution in [-0.2, 0) is 6.42 Å². The van der Waals surface area contributed by atoms with Crippen LogP contribution in [0.25, 0.3) is 0 Å². The summed E-state index contributed by atoms with van der Waals surface area (Å²) < 4.78 is 0.954. The molecule has 0 saturated carbocycles. The third kappa shape index (κ3) is 3.35. The van der Waals surface area contributed by atoms with Crippen LogP contribution < -0.4 is 5.32 Å². The molecule has 0 radical (unpaired) electrons.